The van der Waals surface area contributed by atoms with Gasteiger partial charge in [-0.15, -0.1) is 6.58 Å². The van der Waals surface area contributed by atoms with Gasteiger partial charge < -0.3 is 5.32 Å². The van der Waals surface area contributed by atoms with Crippen LogP contribution in [0.25, 0.3) is 0 Å². The number of rotatable bonds is 5. The fourth-order valence-corrected chi connectivity index (χ4v) is 1.01. The van der Waals surface area contributed by atoms with Crippen molar-refractivity contribution in [2.24, 2.45) is 0 Å². The van der Waals surface area contributed by atoms with E-state index in [2.05, 4.69) is 33.8 Å². The van der Waals surface area contributed by atoms with Gasteiger partial charge in [0, 0.05) is 12.6 Å². The fraction of sp³-hybridized carbons (Fsp3) is 0.556. The molecule has 1 aromatic heterocycles. The highest BCUT2D eigenvalue weighted by atomic mass is 16.6. The molecule has 0 saturated heterocycles. The number of hydrogen-bond donors (Lipinski definition) is 1. The van der Waals surface area contributed by atoms with Crippen molar-refractivity contribution in [2.45, 2.75) is 32.9 Å². The van der Waals surface area contributed by atoms with Gasteiger partial charge in [0.15, 0.2) is 0 Å². The predicted octanol–water partition coefficient (Wildman–Crippen LogP) is 1.43. The zero-order chi connectivity index (χ0) is 9.68. The molecule has 1 rings (SSSR count). The Morgan fingerprint density at radius 3 is 2.92 bits per heavy atom. The minimum Gasteiger partial charge on any atom is -0.308 e. The lowest BCUT2D eigenvalue weighted by molar-refractivity contribution is 0.300. The second kappa shape index (κ2) is 4.77. The van der Waals surface area contributed by atoms with Gasteiger partial charge in [-0.3, -0.25) is 0 Å². The van der Waals surface area contributed by atoms with E-state index in [1.54, 1.807) is 0 Å². The third-order valence-corrected chi connectivity index (χ3v) is 1.88. The van der Waals surface area contributed by atoms with Gasteiger partial charge in [-0.05, 0) is 20.3 Å². The lowest BCUT2D eigenvalue weighted by Gasteiger charge is -2.09. The molecule has 1 atom stereocenters. The number of nitrogens with zero attached hydrogens (tertiary/aromatic N) is 2. The molecule has 72 valence electrons. The minimum absolute atomic E-state index is 0.411. The standard InChI is InChI=1S/C9H15N3O/c1-4-5-7(2)10-6-9-8(3)11-13-12-9/h4,7,10H,1,5-6H2,2-3H3. The number of nitrogens with one attached hydrogen (secondary N) is 1. The van der Waals surface area contributed by atoms with E-state index in [-0.39, 0.29) is 0 Å². The van der Waals surface area contributed by atoms with Gasteiger partial charge in [0.2, 0.25) is 0 Å². The van der Waals surface area contributed by atoms with Gasteiger partial charge in [0.1, 0.15) is 11.4 Å². The van der Waals surface area contributed by atoms with Crippen LogP contribution < -0.4 is 5.32 Å². The van der Waals surface area contributed by atoms with E-state index in [1.807, 2.05) is 13.0 Å². The molecular formula is C9H15N3O. The van der Waals surface area contributed by atoms with E-state index in [4.69, 9.17) is 0 Å². The molecule has 0 aliphatic rings. The summed E-state index contributed by atoms with van der Waals surface area (Å²) in [6, 6.07) is 0.411. The highest BCUT2D eigenvalue weighted by Gasteiger charge is 2.05. The molecule has 0 fully saturated rings. The average molecular weight is 181 g/mol. The molecule has 0 aliphatic carbocycles. The summed E-state index contributed by atoms with van der Waals surface area (Å²) in [6.45, 7) is 8.36. The molecule has 0 radical (unpaired) electrons. The van der Waals surface area contributed by atoms with Crippen LogP contribution in [0.1, 0.15) is 24.7 Å². The van der Waals surface area contributed by atoms with Gasteiger partial charge >= 0.3 is 0 Å². The lowest BCUT2D eigenvalue weighted by Crippen LogP contribution is -2.25. The lowest BCUT2D eigenvalue weighted by atomic mass is 10.2. The largest absolute Gasteiger partial charge is 0.308 e. The maximum Gasteiger partial charge on any atom is 0.121 e. The van der Waals surface area contributed by atoms with Crippen molar-refractivity contribution in [2.75, 3.05) is 0 Å². The van der Waals surface area contributed by atoms with Crippen LogP contribution in [0.15, 0.2) is 17.3 Å². The Balaban J connectivity index is 2.34. The molecule has 0 amide bonds. The predicted molar refractivity (Wildman–Crippen MR) is 50.2 cm³/mol. The van der Waals surface area contributed by atoms with Crippen molar-refractivity contribution in [3.8, 4) is 0 Å². The van der Waals surface area contributed by atoms with Crippen LogP contribution in [0.3, 0.4) is 0 Å². The Hall–Kier alpha value is -1.16. The van der Waals surface area contributed by atoms with Crippen LogP contribution in [0.4, 0.5) is 0 Å². The van der Waals surface area contributed by atoms with Crippen LogP contribution >= 0.6 is 0 Å². The van der Waals surface area contributed by atoms with Gasteiger partial charge in [0.25, 0.3) is 0 Å². The monoisotopic (exact) mass is 181 g/mol. The average Bonchev–Trinajstić information content (AvgIpc) is 2.48. The summed E-state index contributed by atoms with van der Waals surface area (Å²) in [4.78, 5) is 0. The second-order valence-electron chi connectivity index (χ2n) is 3.10. The van der Waals surface area contributed by atoms with E-state index >= 15 is 0 Å². The molecular weight excluding hydrogens is 166 g/mol. The van der Waals surface area contributed by atoms with E-state index in [1.165, 1.54) is 0 Å². The van der Waals surface area contributed by atoms with E-state index in [9.17, 15) is 0 Å². The first kappa shape index (κ1) is 9.92. The van der Waals surface area contributed by atoms with Crippen molar-refractivity contribution in [3.63, 3.8) is 0 Å². The second-order valence-corrected chi connectivity index (χ2v) is 3.10. The fourth-order valence-electron chi connectivity index (χ4n) is 1.01. The maximum atomic E-state index is 4.58. The van der Waals surface area contributed by atoms with Crippen molar-refractivity contribution in [1.29, 1.82) is 0 Å². The maximum absolute atomic E-state index is 4.58. The van der Waals surface area contributed by atoms with Gasteiger partial charge in [0.05, 0.1) is 0 Å². The Labute approximate surface area is 78.0 Å². The molecule has 0 bridgehead atoms. The Morgan fingerprint density at radius 1 is 1.62 bits per heavy atom. The first-order valence-corrected chi connectivity index (χ1v) is 4.36. The molecule has 0 saturated carbocycles. The van der Waals surface area contributed by atoms with Gasteiger partial charge in [-0.1, -0.05) is 16.4 Å². The SMILES string of the molecule is C=CCC(C)NCc1nonc1C. The summed E-state index contributed by atoms with van der Waals surface area (Å²) in [5.41, 5.74) is 1.72. The Bertz CT molecular complexity index is 270. The minimum atomic E-state index is 0.411. The summed E-state index contributed by atoms with van der Waals surface area (Å²) in [5, 5.41) is 10.8. The third kappa shape index (κ3) is 2.99. The summed E-state index contributed by atoms with van der Waals surface area (Å²) >= 11 is 0. The van der Waals surface area contributed by atoms with Crippen LogP contribution in [-0.2, 0) is 6.54 Å². The van der Waals surface area contributed by atoms with E-state index < -0.39 is 0 Å². The highest BCUT2D eigenvalue weighted by Crippen LogP contribution is 2.00. The van der Waals surface area contributed by atoms with Crippen molar-refractivity contribution >= 4 is 0 Å². The first-order valence-electron chi connectivity index (χ1n) is 4.36. The quantitative estimate of drug-likeness (QED) is 0.698. The van der Waals surface area contributed by atoms with Crippen molar-refractivity contribution in [1.82, 2.24) is 15.6 Å². The zero-order valence-electron chi connectivity index (χ0n) is 8.08. The highest BCUT2D eigenvalue weighted by molar-refractivity contribution is 5.04. The molecule has 4 nitrogen and oxygen atoms in total. The molecule has 4 heteroatoms. The summed E-state index contributed by atoms with van der Waals surface area (Å²) in [5.74, 6) is 0. The van der Waals surface area contributed by atoms with Crippen LogP contribution in [0.5, 0.6) is 0 Å². The Morgan fingerprint density at radius 2 is 2.38 bits per heavy atom. The number of aryl methyl sites for hydroxylation is 1. The van der Waals surface area contributed by atoms with Crippen molar-refractivity contribution in [3.05, 3.63) is 24.0 Å². The third-order valence-electron chi connectivity index (χ3n) is 1.88. The molecule has 0 aromatic carbocycles. The number of hydrogen-bond acceptors (Lipinski definition) is 4. The van der Waals surface area contributed by atoms with Crippen LogP contribution in [0, 0.1) is 6.92 Å². The summed E-state index contributed by atoms with van der Waals surface area (Å²) in [6.07, 6.45) is 2.84. The topological polar surface area (TPSA) is 51.0 Å². The molecule has 1 unspecified atom stereocenters. The molecule has 0 aliphatic heterocycles. The molecule has 13 heavy (non-hydrogen) atoms. The molecule has 1 aromatic rings. The molecule has 1 N–H and O–H groups in total. The van der Waals surface area contributed by atoms with Crippen LogP contribution in [0.2, 0.25) is 0 Å². The molecule has 1 heterocycles. The van der Waals surface area contributed by atoms with E-state index in [0.717, 1.165) is 17.8 Å². The van der Waals surface area contributed by atoms with Crippen molar-refractivity contribution < 1.29 is 4.63 Å². The molecule has 0 spiro atoms. The van der Waals surface area contributed by atoms with Gasteiger partial charge in [-0.25, -0.2) is 4.63 Å². The smallest absolute Gasteiger partial charge is 0.121 e. The number of aromatic nitrogens is 2. The van der Waals surface area contributed by atoms with E-state index in [0.29, 0.717) is 12.6 Å². The Kier molecular flexibility index (Phi) is 3.64. The first-order chi connectivity index (χ1) is 6.24. The summed E-state index contributed by atoms with van der Waals surface area (Å²) < 4.78 is 4.58. The summed E-state index contributed by atoms with van der Waals surface area (Å²) in [7, 11) is 0. The zero-order valence-corrected chi connectivity index (χ0v) is 8.08. The normalized spacial score (nSPS) is 12.8. The van der Waals surface area contributed by atoms with Crippen LogP contribution in [-0.4, -0.2) is 16.4 Å². The van der Waals surface area contributed by atoms with Gasteiger partial charge in [-0.2, -0.15) is 0 Å².